The summed E-state index contributed by atoms with van der Waals surface area (Å²) in [6, 6.07) is -0.833. The first-order valence-electron chi connectivity index (χ1n) is 9.50. The lowest BCUT2D eigenvalue weighted by Gasteiger charge is -2.53. The number of fused-ring (bicyclic) bond motifs is 1. The topological polar surface area (TPSA) is 167 Å². The maximum absolute atomic E-state index is 12.7. The van der Waals surface area contributed by atoms with Crippen molar-refractivity contribution in [2.75, 3.05) is 30.4 Å². The quantitative estimate of drug-likeness (QED) is 0.178. The Balaban J connectivity index is 1.39. The summed E-state index contributed by atoms with van der Waals surface area (Å²) in [5.41, 5.74) is 5.32. The van der Waals surface area contributed by atoms with E-state index in [1.165, 1.54) is 33.8 Å². The number of aliphatic carboxylic acids is 1. The fourth-order valence-electron chi connectivity index (χ4n) is 3.68. The van der Waals surface area contributed by atoms with Crippen molar-refractivity contribution >= 4 is 63.5 Å². The van der Waals surface area contributed by atoms with Crippen molar-refractivity contribution < 1.29 is 29.4 Å². The monoisotopic (exact) mass is 487 g/mol. The average Bonchev–Trinajstić information content (AvgIpc) is 3.42. The number of β-lactam (4-membered cyclic amide) rings is 1. The normalized spacial score (nSPS) is 30.6. The third-order valence-corrected chi connectivity index (χ3v) is 9.30. The van der Waals surface area contributed by atoms with Crippen molar-refractivity contribution in [3.63, 3.8) is 0 Å². The largest absolute Gasteiger partial charge is 0.480 e. The summed E-state index contributed by atoms with van der Waals surface area (Å²) in [4.78, 5) is 42.7. The van der Waals surface area contributed by atoms with Gasteiger partial charge in [0.1, 0.15) is 21.9 Å². The molecule has 0 aliphatic carbocycles. The SMILES string of the molecule is Nc1nc(C(=NO)C(=O)NC2C(=O)N3CC(SCC4CCCO4)(C(=O)O)CS[C@H]23)cs1. The van der Waals surface area contributed by atoms with Crippen LogP contribution in [-0.4, -0.2) is 90.6 Å². The Kier molecular flexibility index (Phi) is 6.32. The molecule has 3 fully saturated rings. The van der Waals surface area contributed by atoms with Crippen LogP contribution in [0.4, 0.5) is 5.13 Å². The molecule has 4 rings (SSSR count). The number of nitrogens with zero attached hydrogens (tertiary/aromatic N) is 3. The first-order valence-corrected chi connectivity index (χ1v) is 12.4. The van der Waals surface area contributed by atoms with Crippen LogP contribution in [0.1, 0.15) is 18.5 Å². The minimum Gasteiger partial charge on any atom is -0.480 e. The highest BCUT2D eigenvalue weighted by Crippen LogP contribution is 2.44. The van der Waals surface area contributed by atoms with Crippen molar-refractivity contribution in [1.82, 2.24) is 15.2 Å². The fourth-order valence-corrected chi connectivity index (χ4v) is 7.27. The van der Waals surface area contributed by atoms with Crippen molar-refractivity contribution in [2.45, 2.75) is 35.1 Å². The number of carbonyl (C=O) groups is 3. The van der Waals surface area contributed by atoms with Crippen LogP contribution in [0.3, 0.4) is 0 Å². The van der Waals surface area contributed by atoms with Gasteiger partial charge in [0.25, 0.3) is 5.91 Å². The summed E-state index contributed by atoms with van der Waals surface area (Å²) < 4.78 is 4.47. The van der Waals surface area contributed by atoms with Crippen LogP contribution in [0.2, 0.25) is 0 Å². The average molecular weight is 488 g/mol. The number of oxime groups is 1. The van der Waals surface area contributed by atoms with Crippen LogP contribution < -0.4 is 11.1 Å². The second-order valence-corrected chi connectivity index (χ2v) is 10.8. The van der Waals surface area contributed by atoms with E-state index in [9.17, 15) is 24.7 Å². The van der Waals surface area contributed by atoms with E-state index in [2.05, 4.69) is 15.5 Å². The number of ether oxygens (including phenoxy) is 1. The predicted octanol–water partition coefficient (Wildman–Crippen LogP) is 0.0391. The molecule has 1 aromatic heterocycles. The van der Waals surface area contributed by atoms with Gasteiger partial charge >= 0.3 is 5.97 Å². The number of carboxylic acids is 1. The van der Waals surface area contributed by atoms with Crippen LogP contribution in [0.5, 0.6) is 0 Å². The molecule has 0 aromatic carbocycles. The van der Waals surface area contributed by atoms with Gasteiger partial charge in [-0.2, -0.15) is 0 Å². The van der Waals surface area contributed by atoms with E-state index in [4.69, 9.17) is 10.5 Å². The number of thioether (sulfide) groups is 2. The molecule has 14 heteroatoms. The standard InChI is InChI=1S/C17H21N5O6S3/c18-16-19-9(5-29-16)10(21-27)12(23)20-11-13(24)22-6-17(15(25)26,7-30-14(11)22)31-4-8-2-1-3-28-8/h5,8,11,14,27H,1-4,6-7H2,(H2,18,19)(H,20,23)(H,25,26)/t8?,11?,14-,17?/m1/s1. The van der Waals surface area contributed by atoms with E-state index in [1.807, 2.05) is 0 Å². The zero-order chi connectivity index (χ0) is 22.2. The van der Waals surface area contributed by atoms with Gasteiger partial charge in [-0.3, -0.25) is 14.4 Å². The fraction of sp³-hybridized carbons (Fsp3) is 0.588. The molecule has 2 amide bonds. The highest BCUT2D eigenvalue weighted by molar-refractivity contribution is 8.05. The molecule has 0 bridgehead atoms. The van der Waals surface area contributed by atoms with E-state index in [0.717, 1.165) is 24.2 Å². The minimum absolute atomic E-state index is 0.0408. The van der Waals surface area contributed by atoms with Crippen LogP contribution in [0.25, 0.3) is 0 Å². The third-order valence-electron chi connectivity index (χ3n) is 5.38. The molecule has 3 aliphatic heterocycles. The Hall–Kier alpha value is -2.03. The summed E-state index contributed by atoms with van der Waals surface area (Å²) in [7, 11) is 0. The van der Waals surface area contributed by atoms with E-state index in [0.29, 0.717) is 18.1 Å². The van der Waals surface area contributed by atoms with Gasteiger partial charge in [-0.05, 0) is 12.8 Å². The van der Waals surface area contributed by atoms with Crippen LogP contribution in [-0.2, 0) is 19.1 Å². The molecule has 1 aromatic rings. The summed E-state index contributed by atoms with van der Waals surface area (Å²) in [6.45, 7) is 0.757. The zero-order valence-electron chi connectivity index (χ0n) is 16.2. The first-order chi connectivity index (χ1) is 14.8. The summed E-state index contributed by atoms with van der Waals surface area (Å²) >= 11 is 3.72. The lowest BCUT2D eigenvalue weighted by atomic mass is 10.0. The zero-order valence-corrected chi connectivity index (χ0v) is 18.7. The number of nitrogens with two attached hydrogens (primary N) is 1. The van der Waals surface area contributed by atoms with Gasteiger partial charge in [-0.1, -0.05) is 5.16 Å². The maximum atomic E-state index is 12.7. The van der Waals surface area contributed by atoms with Crippen molar-refractivity contribution in [1.29, 1.82) is 0 Å². The molecule has 31 heavy (non-hydrogen) atoms. The van der Waals surface area contributed by atoms with Gasteiger partial charge in [-0.15, -0.1) is 34.9 Å². The number of amides is 2. The number of hydrogen-bond donors (Lipinski definition) is 4. The van der Waals surface area contributed by atoms with Crippen molar-refractivity contribution in [3.05, 3.63) is 11.1 Å². The highest BCUT2D eigenvalue weighted by Gasteiger charge is 2.58. The van der Waals surface area contributed by atoms with E-state index >= 15 is 0 Å². The Bertz CT molecular complexity index is 920. The molecule has 0 saturated carbocycles. The number of nitrogens with one attached hydrogen (secondary N) is 1. The summed E-state index contributed by atoms with van der Waals surface area (Å²) in [6.07, 6.45) is 1.93. The number of carbonyl (C=O) groups excluding carboxylic acids is 2. The minimum atomic E-state index is -1.12. The van der Waals surface area contributed by atoms with Crippen molar-refractivity contribution in [2.24, 2.45) is 5.16 Å². The Morgan fingerprint density at radius 3 is 2.94 bits per heavy atom. The molecule has 0 radical (unpaired) electrons. The molecule has 4 heterocycles. The van der Waals surface area contributed by atoms with E-state index in [-0.39, 0.29) is 40.5 Å². The van der Waals surface area contributed by atoms with Crippen LogP contribution >= 0.6 is 34.9 Å². The smallest absolute Gasteiger partial charge is 0.322 e. The molecule has 3 unspecified atom stereocenters. The molecule has 11 nitrogen and oxygen atoms in total. The lowest BCUT2D eigenvalue weighted by Crippen LogP contribution is -2.75. The third kappa shape index (κ3) is 4.21. The molecule has 3 aliphatic rings. The number of hydrogen-bond acceptors (Lipinski definition) is 11. The van der Waals surface area contributed by atoms with Crippen LogP contribution in [0, 0.1) is 0 Å². The van der Waals surface area contributed by atoms with E-state index < -0.39 is 22.7 Å². The predicted molar refractivity (Wildman–Crippen MR) is 117 cm³/mol. The molecule has 0 spiro atoms. The van der Waals surface area contributed by atoms with Gasteiger partial charge in [0.2, 0.25) is 5.91 Å². The molecule has 4 atom stereocenters. The maximum Gasteiger partial charge on any atom is 0.322 e. The van der Waals surface area contributed by atoms with E-state index in [1.54, 1.807) is 0 Å². The van der Waals surface area contributed by atoms with Gasteiger partial charge in [0.15, 0.2) is 10.8 Å². The summed E-state index contributed by atoms with van der Waals surface area (Å²) in [5.74, 6) is -1.23. The molecule has 3 saturated heterocycles. The van der Waals surface area contributed by atoms with Crippen LogP contribution in [0.15, 0.2) is 10.5 Å². The number of carboxylic acid groups (broad SMARTS) is 1. The second kappa shape index (κ2) is 8.84. The number of anilines is 1. The molecule has 5 N–H and O–H groups in total. The molecular weight excluding hydrogens is 466 g/mol. The number of nitrogen functional groups attached to an aromatic ring is 1. The number of thiazole rings is 1. The summed E-state index contributed by atoms with van der Waals surface area (Å²) in [5, 5.41) is 25.9. The van der Waals surface area contributed by atoms with Gasteiger partial charge in [0.05, 0.1) is 6.10 Å². The van der Waals surface area contributed by atoms with Gasteiger partial charge < -0.3 is 31.0 Å². The Morgan fingerprint density at radius 2 is 2.32 bits per heavy atom. The Labute approximate surface area is 189 Å². The van der Waals surface area contributed by atoms with Gasteiger partial charge in [0, 0.05) is 30.0 Å². The molecular formula is C17H21N5O6S3. The highest BCUT2D eigenvalue weighted by atomic mass is 32.2. The van der Waals surface area contributed by atoms with Gasteiger partial charge in [-0.25, -0.2) is 4.98 Å². The first kappa shape index (κ1) is 22.2. The lowest BCUT2D eigenvalue weighted by molar-refractivity contribution is -0.151. The van der Waals surface area contributed by atoms with Crippen molar-refractivity contribution in [3.8, 4) is 0 Å². The Morgan fingerprint density at radius 1 is 1.52 bits per heavy atom. The molecule has 168 valence electrons. The number of aromatic nitrogens is 1. The second-order valence-electron chi connectivity index (χ2n) is 7.38. The number of rotatable bonds is 7.